The molecule has 0 aliphatic heterocycles. The summed E-state index contributed by atoms with van der Waals surface area (Å²) in [5.74, 6) is -1.69. The van der Waals surface area contributed by atoms with E-state index in [1.54, 1.807) is 0 Å². The molecule has 0 bridgehead atoms. The lowest BCUT2D eigenvalue weighted by atomic mass is 10.2. The molecule has 0 radical (unpaired) electrons. The van der Waals surface area contributed by atoms with Gasteiger partial charge in [0.15, 0.2) is 0 Å². The van der Waals surface area contributed by atoms with Gasteiger partial charge in [-0.2, -0.15) is 0 Å². The normalized spacial score (nSPS) is 14.1. The van der Waals surface area contributed by atoms with Crippen LogP contribution in [0.3, 0.4) is 0 Å². The number of methoxy groups -OCH3 is 2. The van der Waals surface area contributed by atoms with Gasteiger partial charge in [-0.15, -0.1) is 0 Å². The highest BCUT2D eigenvalue weighted by atomic mass is 16.6. The summed E-state index contributed by atoms with van der Waals surface area (Å²) in [6.07, 6.45) is -0.677. The fourth-order valence-electron chi connectivity index (χ4n) is 1.12. The summed E-state index contributed by atoms with van der Waals surface area (Å²) >= 11 is 0. The molecule has 0 aliphatic rings. The zero-order chi connectivity index (χ0) is 13.3. The van der Waals surface area contributed by atoms with Crippen LogP contribution in [0.4, 0.5) is 0 Å². The van der Waals surface area contributed by atoms with Crippen molar-refractivity contribution in [3.63, 3.8) is 0 Å². The van der Waals surface area contributed by atoms with Gasteiger partial charge in [0, 0.05) is 14.2 Å². The number of nitrogens with one attached hydrogen (secondary N) is 1. The molecule has 0 amide bonds. The maximum Gasteiger partial charge on any atom is 0.323 e. The van der Waals surface area contributed by atoms with Crippen LogP contribution in [-0.2, 0) is 23.8 Å². The maximum atomic E-state index is 11.5. The first-order valence-corrected chi connectivity index (χ1v) is 5.12. The van der Waals surface area contributed by atoms with Crippen molar-refractivity contribution in [3.8, 4) is 0 Å². The predicted molar refractivity (Wildman–Crippen MR) is 58.7 cm³/mol. The van der Waals surface area contributed by atoms with Crippen molar-refractivity contribution < 1.29 is 28.9 Å². The zero-order valence-electron chi connectivity index (χ0n) is 10.3. The van der Waals surface area contributed by atoms with E-state index in [0.29, 0.717) is 6.61 Å². The van der Waals surface area contributed by atoms with Crippen molar-refractivity contribution >= 4 is 11.9 Å². The van der Waals surface area contributed by atoms with E-state index in [9.17, 15) is 9.59 Å². The standard InChI is InChI=1S/C10H19NO6/c1-11-8(4-9(12)13)10(14)17-6-7(16-3)5-15-2/h7-8,11H,4-6H2,1-3H3,(H,12,13). The van der Waals surface area contributed by atoms with Gasteiger partial charge in [-0.1, -0.05) is 0 Å². The Balaban J connectivity index is 4.08. The Morgan fingerprint density at radius 1 is 1.29 bits per heavy atom. The number of aliphatic carboxylic acids is 1. The van der Waals surface area contributed by atoms with Gasteiger partial charge in [0.2, 0.25) is 0 Å². The maximum absolute atomic E-state index is 11.5. The lowest BCUT2D eigenvalue weighted by Crippen LogP contribution is -2.39. The van der Waals surface area contributed by atoms with Gasteiger partial charge >= 0.3 is 11.9 Å². The Hall–Kier alpha value is -1.18. The quantitative estimate of drug-likeness (QED) is 0.519. The van der Waals surface area contributed by atoms with E-state index in [1.165, 1.54) is 21.3 Å². The Morgan fingerprint density at radius 3 is 2.35 bits per heavy atom. The Labute approximate surface area is 100 Å². The minimum absolute atomic E-state index is 0.0287. The van der Waals surface area contributed by atoms with Gasteiger partial charge in [0.25, 0.3) is 0 Å². The molecule has 0 aromatic rings. The molecule has 2 atom stereocenters. The largest absolute Gasteiger partial charge is 0.481 e. The third kappa shape index (κ3) is 6.88. The lowest BCUT2D eigenvalue weighted by Gasteiger charge is -2.17. The summed E-state index contributed by atoms with van der Waals surface area (Å²) in [6, 6.07) is -0.854. The van der Waals surface area contributed by atoms with Crippen molar-refractivity contribution in [1.82, 2.24) is 5.32 Å². The van der Waals surface area contributed by atoms with Crippen LogP contribution < -0.4 is 5.32 Å². The van der Waals surface area contributed by atoms with E-state index in [4.69, 9.17) is 19.3 Å². The van der Waals surface area contributed by atoms with Crippen LogP contribution in [0.15, 0.2) is 0 Å². The van der Waals surface area contributed by atoms with Crippen LogP contribution in [0.5, 0.6) is 0 Å². The number of likely N-dealkylation sites (N-methyl/N-ethyl adjacent to an activating group) is 1. The molecule has 0 aromatic heterocycles. The molecular formula is C10H19NO6. The van der Waals surface area contributed by atoms with Crippen LogP contribution in [0, 0.1) is 0 Å². The Kier molecular flexibility index (Phi) is 8.29. The molecule has 0 saturated heterocycles. The number of carbonyl (C=O) groups excluding carboxylic acids is 1. The minimum atomic E-state index is -1.07. The summed E-state index contributed by atoms with van der Waals surface area (Å²) < 4.78 is 14.8. The van der Waals surface area contributed by atoms with Crippen LogP contribution in [0.2, 0.25) is 0 Å². The number of carboxylic acid groups (broad SMARTS) is 1. The van der Waals surface area contributed by atoms with Gasteiger partial charge in [-0.3, -0.25) is 9.59 Å². The van der Waals surface area contributed by atoms with E-state index in [1.807, 2.05) is 0 Å². The summed E-state index contributed by atoms with van der Waals surface area (Å²) in [5.41, 5.74) is 0. The van der Waals surface area contributed by atoms with Crippen molar-refractivity contribution in [1.29, 1.82) is 0 Å². The van der Waals surface area contributed by atoms with E-state index in [-0.39, 0.29) is 19.1 Å². The van der Waals surface area contributed by atoms with Crippen LogP contribution in [-0.4, -0.2) is 63.7 Å². The second-order valence-corrected chi connectivity index (χ2v) is 3.38. The van der Waals surface area contributed by atoms with Crippen LogP contribution >= 0.6 is 0 Å². The van der Waals surface area contributed by atoms with Crippen molar-refractivity contribution in [2.45, 2.75) is 18.6 Å². The smallest absolute Gasteiger partial charge is 0.323 e. The lowest BCUT2D eigenvalue weighted by molar-refractivity contribution is -0.154. The first-order chi connectivity index (χ1) is 8.04. The molecule has 0 aromatic carbocycles. The number of rotatable bonds is 9. The van der Waals surface area contributed by atoms with Gasteiger partial charge < -0.3 is 24.6 Å². The van der Waals surface area contributed by atoms with E-state index in [0.717, 1.165) is 0 Å². The molecular weight excluding hydrogens is 230 g/mol. The Morgan fingerprint density at radius 2 is 1.94 bits per heavy atom. The number of ether oxygens (including phenoxy) is 3. The van der Waals surface area contributed by atoms with E-state index < -0.39 is 18.0 Å². The summed E-state index contributed by atoms with van der Waals surface area (Å²) in [4.78, 5) is 22.0. The number of carboxylic acids is 1. The highest BCUT2D eigenvalue weighted by Gasteiger charge is 2.22. The molecule has 7 heteroatoms. The second-order valence-electron chi connectivity index (χ2n) is 3.38. The highest BCUT2D eigenvalue weighted by Crippen LogP contribution is 1.99. The molecule has 0 rings (SSSR count). The molecule has 7 nitrogen and oxygen atoms in total. The van der Waals surface area contributed by atoms with Gasteiger partial charge in [-0.05, 0) is 7.05 Å². The molecule has 2 unspecified atom stereocenters. The monoisotopic (exact) mass is 249 g/mol. The average Bonchev–Trinajstić information content (AvgIpc) is 2.30. The summed E-state index contributed by atoms with van der Waals surface area (Å²) in [7, 11) is 4.48. The number of esters is 1. The molecule has 0 spiro atoms. The van der Waals surface area contributed by atoms with Gasteiger partial charge in [0.1, 0.15) is 18.8 Å². The fourth-order valence-corrected chi connectivity index (χ4v) is 1.12. The zero-order valence-corrected chi connectivity index (χ0v) is 10.3. The summed E-state index contributed by atoms with van der Waals surface area (Å²) in [5, 5.41) is 11.2. The molecule has 0 aliphatic carbocycles. The molecule has 2 N–H and O–H groups in total. The third-order valence-corrected chi connectivity index (χ3v) is 2.11. The molecule has 0 fully saturated rings. The fraction of sp³-hybridized carbons (Fsp3) is 0.800. The highest BCUT2D eigenvalue weighted by molar-refractivity contribution is 5.81. The number of hydrogen-bond donors (Lipinski definition) is 2. The predicted octanol–water partition coefficient (Wildman–Crippen LogP) is -0.746. The topological polar surface area (TPSA) is 94.1 Å². The van der Waals surface area contributed by atoms with Crippen molar-refractivity contribution in [3.05, 3.63) is 0 Å². The average molecular weight is 249 g/mol. The number of carbonyl (C=O) groups is 2. The van der Waals surface area contributed by atoms with Gasteiger partial charge in [0.05, 0.1) is 13.0 Å². The summed E-state index contributed by atoms with van der Waals surface area (Å²) in [6.45, 7) is 0.327. The minimum Gasteiger partial charge on any atom is -0.481 e. The third-order valence-electron chi connectivity index (χ3n) is 2.11. The van der Waals surface area contributed by atoms with Crippen LogP contribution in [0.1, 0.15) is 6.42 Å². The molecule has 100 valence electrons. The van der Waals surface area contributed by atoms with Gasteiger partial charge in [-0.25, -0.2) is 0 Å². The van der Waals surface area contributed by atoms with Crippen LogP contribution in [0.25, 0.3) is 0 Å². The first kappa shape index (κ1) is 15.8. The van der Waals surface area contributed by atoms with E-state index in [2.05, 4.69) is 5.32 Å². The molecule has 17 heavy (non-hydrogen) atoms. The molecule has 0 saturated carbocycles. The first-order valence-electron chi connectivity index (χ1n) is 5.12. The number of hydrogen-bond acceptors (Lipinski definition) is 6. The van der Waals surface area contributed by atoms with Crippen molar-refractivity contribution in [2.24, 2.45) is 0 Å². The van der Waals surface area contributed by atoms with E-state index >= 15 is 0 Å². The second kappa shape index (κ2) is 8.91. The Bertz CT molecular complexity index is 245. The SMILES string of the molecule is CNC(CC(=O)O)C(=O)OCC(COC)OC. The van der Waals surface area contributed by atoms with Crippen molar-refractivity contribution in [2.75, 3.05) is 34.5 Å². The molecule has 0 heterocycles.